The summed E-state index contributed by atoms with van der Waals surface area (Å²) < 4.78 is 2.01. The Kier molecular flexibility index (Phi) is 1.43. The normalized spacial score (nSPS) is 25.4. The quantitative estimate of drug-likeness (QED) is 0.721. The number of aromatic nitrogens is 2. The Labute approximate surface area is 72.8 Å². The lowest BCUT2D eigenvalue weighted by Crippen LogP contribution is -2.11. The van der Waals surface area contributed by atoms with E-state index < -0.39 is 0 Å². The monoisotopic (exact) mass is 165 g/mol. The smallest absolute Gasteiger partial charge is 0.202 e. The molecule has 1 aromatic heterocycles. The van der Waals surface area contributed by atoms with Gasteiger partial charge in [0.05, 0.1) is 0 Å². The van der Waals surface area contributed by atoms with Gasteiger partial charge in [-0.2, -0.15) is 0 Å². The second-order valence-electron chi connectivity index (χ2n) is 4.25. The molecule has 0 spiro atoms. The molecule has 0 bridgehead atoms. The van der Waals surface area contributed by atoms with Gasteiger partial charge in [0, 0.05) is 25.5 Å². The molecule has 1 heterocycles. The van der Waals surface area contributed by atoms with Crippen LogP contribution in [0.4, 0.5) is 5.95 Å². The molecule has 0 amide bonds. The van der Waals surface area contributed by atoms with Crippen LogP contribution in [-0.2, 0) is 7.05 Å². The maximum Gasteiger partial charge on any atom is 0.202 e. The summed E-state index contributed by atoms with van der Waals surface area (Å²) in [6, 6.07) is 0.610. The predicted octanol–water partition coefficient (Wildman–Crippen LogP) is 1.63. The number of rotatable bonds is 2. The molecule has 66 valence electrons. The van der Waals surface area contributed by atoms with Gasteiger partial charge in [-0.3, -0.25) is 0 Å². The summed E-state index contributed by atoms with van der Waals surface area (Å²) in [7, 11) is 2.00. The predicted molar refractivity (Wildman–Crippen MR) is 49.0 cm³/mol. The van der Waals surface area contributed by atoms with Gasteiger partial charge in [0.15, 0.2) is 0 Å². The standard InChI is InChI=1S/C9H15N3/c1-9(2)6-7(9)11-8-10-4-5-12(8)3/h4-5,7H,6H2,1-3H3,(H,10,11). The van der Waals surface area contributed by atoms with E-state index in [0.717, 1.165) is 5.95 Å². The molecule has 3 heteroatoms. The molecule has 1 aliphatic carbocycles. The van der Waals surface area contributed by atoms with Crippen LogP contribution in [0.15, 0.2) is 12.4 Å². The lowest BCUT2D eigenvalue weighted by atomic mass is 10.2. The molecule has 1 unspecified atom stereocenters. The second-order valence-corrected chi connectivity index (χ2v) is 4.25. The molecule has 0 aliphatic heterocycles. The van der Waals surface area contributed by atoms with Crippen LogP contribution in [0, 0.1) is 5.41 Å². The van der Waals surface area contributed by atoms with Gasteiger partial charge in [0.2, 0.25) is 5.95 Å². The van der Waals surface area contributed by atoms with E-state index in [4.69, 9.17) is 0 Å². The van der Waals surface area contributed by atoms with E-state index in [9.17, 15) is 0 Å². The van der Waals surface area contributed by atoms with Crippen LogP contribution in [0.3, 0.4) is 0 Å². The Bertz CT molecular complexity index is 288. The minimum absolute atomic E-state index is 0.464. The van der Waals surface area contributed by atoms with Crippen molar-refractivity contribution in [2.24, 2.45) is 12.5 Å². The first-order valence-electron chi connectivity index (χ1n) is 4.33. The van der Waals surface area contributed by atoms with Crippen LogP contribution in [0.2, 0.25) is 0 Å². The van der Waals surface area contributed by atoms with Crippen molar-refractivity contribution >= 4 is 5.95 Å². The Hall–Kier alpha value is -0.990. The van der Waals surface area contributed by atoms with Crippen molar-refractivity contribution in [2.45, 2.75) is 26.3 Å². The van der Waals surface area contributed by atoms with Gasteiger partial charge in [0.1, 0.15) is 0 Å². The Morgan fingerprint density at radius 3 is 2.75 bits per heavy atom. The van der Waals surface area contributed by atoms with Gasteiger partial charge in [-0.1, -0.05) is 13.8 Å². The van der Waals surface area contributed by atoms with Gasteiger partial charge >= 0.3 is 0 Å². The Morgan fingerprint density at radius 1 is 1.67 bits per heavy atom. The van der Waals surface area contributed by atoms with E-state index in [2.05, 4.69) is 24.1 Å². The zero-order chi connectivity index (χ0) is 8.77. The van der Waals surface area contributed by atoms with Crippen LogP contribution in [0.5, 0.6) is 0 Å². The molecule has 0 aromatic carbocycles. The average molecular weight is 165 g/mol. The number of hydrogen-bond acceptors (Lipinski definition) is 2. The third kappa shape index (κ3) is 1.19. The highest BCUT2D eigenvalue weighted by molar-refractivity contribution is 5.32. The highest BCUT2D eigenvalue weighted by Crippen LogP contribution is 2.46. The zero-order valence-electron chi connectivity index (χ0n) is 7.83. The number of nitrogens with one attached hydrogen (secondary N) is 1. The van der Waals surface area contributed by atoms with Crippen molar-refractivity contribution in [3.8, 4) is 0 Å². The summed E-state index contributed by atoms with van der Waals surface area (Å²) >= 11 is 0. The van der Waals surface area contributed by atoms with E-state index in [1.54, 1.807) is 0 Å². The van der Waals surface area contributed by atoms with Crippen molar-refractivity contribution < 1.29 is 0 Å². The van der Waals surface area contributed by atoms with Crippen LogP contribution in [0.25, 0.3) is 0 Å². The number of aryl methyl sites for hydroxylation is 1. The molecule has 1 atom stereocenters. The molecular weight excluding hydrogens is 150 g/mol. The maximum absolute atomic E-state index is 4.21. The first-order chi connectivity index (χ1) is 5.59. The summed E-state index contributed by atoms with van der Waals surface area (Å²) in [5.41, 5.74) is 0.464. The van der Waals surface area contributed by atoms with Crippen molar-refractivity contribution in [1.29, 1.82) is 0 Å². The number of hydrogen-bond donors (Lipinski definition) is 1. The van der Waals surface area contributed by atoms with E-state index in [1.807, 2.05) is 24.0 Å². The molecular formula is C9H15N3. The highest BCUT2D eigenvalue weighted by Gasteiger charge is 2.46. The number of nitrogens with zero attached hydrogens (tertiary/aromatic N) is 2. The fraction of sp³-hybridized carbons (Fsp3) is 0.667. The summed E-state index contributed by atoms with van der Waals surface area (Å²) in [5, 5.41) is 3.41. The average Bonchev–Trinajstić information content (AvgIpc) is 2.39. The minimum Gasteiger partial charge on any atom is -0.352 e. The van der Waals surface area contributed by atoms with Crippen molar-refractivity contribution in [3.05, 3.63) is 12.4 Å². The molecule has 3 nitrogen and oxygen atoms in total. The van der Waals surface area contributed by atoms with Gasteiger partial charge in [-0.05, 0) is 11.8 Å². The molecule has 12 heavy (non-hydrogen) atoms. The van der Waals surface area contributed by atoms with Crippen LogP contribution >= 0.6 is 0 Å². The first-order valence-corrected chi connectivity index (χ1v) is 4.33. The second kappa shape index (κ2) is 2.25. The molecule has 2 rings (SSSR count). The van der Waals surface area contributed by atoms with Crippen LogP contribution in [-0.4, -0.2) is 15.6 Å². The SMILES string of the molecule is Cn1ccnc1NC1CC1(C)C. The molecule has 0 saturated heterocycles. The molecule has 1 N–H and O–H groups in total. The van der Waals surface area contributed by atoms with Crippen molar-refractivity contribution in [1.82, 2.24) is 9.55 Å². The van der Waals surface area contributed by atoms with Crippen LogP contribution < -0.4 is 5.32 Å². The minimum atomic E-state index is 0.464. The lowest BCUT2D eigenvalue weighted by molar-refractivity contribution is 0.627. The van der Waals surface area contributed by atoms with E-state index >= 15 is 0 Å². The van der Waals surface area contributed by atoms with Gasteiger partial charge in [-0.15, -0.1) is 0 Å². The third-order valence-corrected chi connectivity index (χ3v) is 2.64. The van der Waals surface area contributed by atoms with Crippen molar-refractivity contribution in [2.75, 3.05) is 5.32 Å². The summed E-state index contributed by atoms with van der Waals surface area (Å²) in [4.78, 5) is 4.21. The fourth-order valence-corrected chi connectivity index (χ4v) is 1.37. The largest absolute Gasteiger partial charge is 0.352 e. The van der Waals surface area contributed by atoms with Crippen LogP contribution in [0.1, 0.15) is 20.3 Å². The Morgan fingerprint density at radius 2 is 2.33 bits per heavy atom. The fourth-order valence-electron chi connectivity index (χ4n) is 1.37. The summed E-state index contributed by atoms with van der Waals surface area (Å²) in [6.07, 6.45) is 5.02. The molecule has 1 fully saturated rings. The topological polar surface area (TPSA) is 29.9 Å². The molecule has 1 saturated carbocycles. The van der Waals surface area contributed by atoms with E-state index in [0.29, 0.717) is 11.5 Å². The number of imidazole rings is 1. The Balaban J connectivity index is 2.02. The maximum atomic E-state index is 4.21. The van der Waals surface area contributed by atoms with Gasteiger partial charge in [-0.25, -0.2) is 4.98 Å². The lowest BCUT2D eigenvalue weighted by Gasteiger charge is -2.06. The van der Waals surface area contributed by atoms with Gasteiger partial charge < -0.3 is 9.88 Å². The third-order valence-electron chi connectivity index (χ3n) is 2.64. The molecule has 1 aliphatic rings. The van der Waals surface area contributed by atoms with E-state index in [-0.39, 0.29) is 0 Å². The molecule has 1 aromatic rings. The van der Waals surface area contributed by atoms with Crippen molar-refractivity contribution in [3.63, 3.8) is 0 Å². The number of anilines is 1. The zero-order valence-corrected chi connectivity index (χ0v) is 7.83. The molecule has 0 radical (unpaired) electrons. The first kappa shape index (κ1) is 7.65. The summed E-state index contributed by atoms with van der Waals surface area (Å²) in [6.45, 7) is 4.54. The highest BCUT2D eigenvalue weighted by atomic mass is 15.2. The van der Waals surface area contributed by atoms with Gasteiger partial charge in [0.25, 0.3) is 0 Å². The summed E-state index contributed by atoms with van der Waals surface area (Å²) in [5.74, 6) is 0.977. The van der Waals surface area contributed by atoms with E-state index in [1.165, 1.54) is 6.42 Å².